The van der Waals surface area contributed by atoms with Crippen LogP contribution in [-0.2, 0) is 25.5 Å². The Kier molecular flexibility index (Phi) is 6.39. The van der Waals surface area contributed by atoms with Crippen molar-refractivity contribution < 1.29 is 19.1 Å². The van der Waals surface area contributed by atoms with Crippen molar-refractivity contribution >= 4 is 17.8 Å². The van der Waals surface area contributed by atoms with E-state index in [0.717, 1.165) is 5.56 Å². The number of rotatable bonds is 6. The zero-order chi connectivity index (χ0) is 15.0. The van der Waals surface area contributed by atoms with Gasteiger partial charge in [0.25, 0.3) is 0 Å². The molecule has 0 saturated heterocycles. The second-order valence-electron chi connectivity index (χ2n) is 4.38. The third-order valence-electron chi connectivity index (χ3n) is 2.53. The SMILES string of the molecule is COC(=O)CN(C)CC(=O)NC(=O)Cc1ccccc1. The molecule has 0 heterocycles. The number of nitrogens with one attached hydrogen (secondary N) is 1. The topological polar surface area (TPSA) is 75.7 Å². The Hall–Kier alpha value is -2.21. The first-order valence-corrected chi connectivity index (χ1v) is 6.13. The minimum Gasteiger partial charge on any atom is -0.468 e. The van der Waals surface area contributed by atoms with Crippen LogP contribution in [0.3, 0.4) is 0 Å². The predicted octanol–water partition coefficient (Wildman–Crippen LogP) is -0.0233. The standard InChI is InChI=1S/C14H18N2O4/c1-16(10-14(19)20-2)9-13(18)15-12(17)8-11-6-4-3-5-7-11/h3-7H,8-10H2,1-2H3,(H,15,17,18). The third-order valence-corrected chi connectivity index (χ3v) is 2.53. The molecule has 20 heavy (non-hydrogen) atoms. The second-order valence-corrected chi connectivity index (χ2v) is 4.38. The molecule has 1 aromatic rings. The Morgan fingerprint density at radius 1 is 1.10 bits per heavy atom. The highest BCUT2D eigenvalue weighted by Gasteiger charge is 2.13. The van der Waals surface area contributed by atoms with Gasteiger partial charge < -0.3 is 4.74 Å². The number of carbonyl (C=O) groups is 3. The molecule has 0 bridgehead atoms. The van der Waals surface area contributed by atoms with Gasteiger partial charge in [-0.15, -0.1) is 0 Å². The normalized spacial score (nSPS) is 10.2. The van der Waals surface area contributed by atoms with Crippen molar-refractivity contribution in [3.05, 3.63) is 35.9 Å². The van der Waals surface area contributed by atoms with Gasteiger partial charge >= 0.3 is 5.97 Å². The molecule has 0 aliphatic carbocycles. The summed E-state index contributed by atoms with van der Waals surface area (Å²) in [6, 6.07) is 9.14. The van der Waals surface area contributed by atoms with Crippen LogP contribution in [0.5, 0.6) is 0 Å². The van der Waals surface area contributed by atoms with Crippen molar-refractivity contribution in [3.8, 4) is 0 Å². The Balaban J connectivity index is 2.35. The van der Waals surface area contributed by atoms with E-state index in [2.05, 4.69) is 10.1 Å². The lowest BCUT2D eigenvalue weighted by atomic mass is 10.1. The third kappa shape index (κ3) is 6.10. The number of ether oxygens (including phenoxy) is 1. The van der Waals surface area contributed by atoms with Gasteiger partial charge in [-0.2, -0.15) is 0 Å². The number of likely N-dealkylation sites (N-methyl/N-ethyl adjacent to an activating group) is 1. The highest BCUT2D eigenvalue weighted by atomic mass is 16.5. The Labute approximate surface area is 117 Å². The van der Waals surface area contributed by atoms with Gasteiger partial charge in [0.1, 0.15) is 0 Å². The summed E-state index contributed by atoms with van der Waals surface area (Å²) in [6.45, 7) is -0.0492. The summed E-state index contributed by atoms with van der Waals surface area (Å²) in [7, 11) is 2.87. The maximum atomic E-state index is 11.6. The number of benzene rings is 1. The highest BCUT2D eigenvalue weighted by molar-refractivity contribution is 5.97. The molecule has 6 heteroatoms. The summed E-state index contributed by atoms with van der Waals surface area (Å²) in [5.74, 6) is -1.25. The number of nitrogens with zero attached hydrogens (tertiary/aromatic N) is 1. The smallest absolute Gasteiger partial charge is 0.319 e. The number of amides is 2. The summed E-state index contributed by atoms with van der Waals surface area (Å²) < 4.78 is 4.48. The zero-order valence-corrected chi connectivity index (χ0v) is 11.6. The molecule has 108 valence electrons. The van der Waals surface area contributed by atoms with E-state index in [-0.39, 0.29) is 25.4 Å². The molecule has 0 unspecified atom stereocenters. The number of esters is 1. The van der Waals surface area contributed by atoms with Crippen LogP contribution in [0.15, 0.2) is 30.3 Å². The average Bonchev–Trinajstić information content (AvgIpc) is 2.38. The molecule has 6 nitrogen and oxygen atoms in total. The Bertz CT molecular complexity index is 473. The number of imide groups is 1. The van der Waals surface area contributed by atoms with E-state index in [4.69, 9.17) is 0 Å². The molecule has 0 aliphatic heterocycles. The number of hydrogen-bond donors (Lipinski definition) is 1. The Morgan fingerprint density at radius 3 is 2.35 bits per heavy atom. The molecule has 1 N–H and O–H groups in total. The van der Waals surface area contributed by atoms with Gasteiger partial charge in [0, 0.05) is 0 Å². The van der Waals surface area contributed by atoms with Crippen molar-refractivity contribution in [1.29, 1.82) is 0 Å². The van der Waals surface area contributed by atoms with Crippen molar-refractivity contribution in [2.45, 2.75) is 6.42 Å². The van der Waals surface area contributed by atoms with E-state index in [0.29, 0.717) is 0 Å². The van der Waals surface area contributed by atoms with E-state index >= 15 is 0 Å². The molecule has 0 radical (unpaired) electrons. The van der Waals surface area contributed by atoms with Gasteiger partial charge in [-0.3, -0.25) is 24.6 Å². The van der Waals surface area contributed by atoms with E-state index in [1.807, 2.05) is 30.3 Å². The maximum absolute atomic E-state index is 11.6. The molecule has 0 aliphatic rings. The fourth-order valence-corrected chi connectivity index (χ4v) is 1.61. The molecule has 2 amide bonds. The average molecular weight is 278 g/mol. The lowest BCUT2D eigenvalue weighted by Crippen LogP contribution is -2.40. The fourth-order valence-electron chi connectivity index (χ4n) is 1.61. The summed E-state index contributed by atoms with van der Waals surface area (Å²) in [6.07, 6.45) is 0.146. The molecule has 0 saturated carbocycles. The summed E-state index contributed by atoms with van der Waals surface area (Å²) in [5, 5.41) is 2.28. The summed E-state index contributed by atoms with van der Waals surface area (Å²) >= 11 is 0. The van der Waals surface area contributed by atoms with Gasteiger partial charge in [-0.25, -0.2) is 0 Å². The van der Waals surface area contributed by atoms with Crippen molar-refractivity contribution in [2.24, 2.45) is 0 Å². The zero-order valence-electron chi connectivity index (χ0n) is 11.6. The van der Waals surface area contributed by atoms with Crippen LogP contribution in [0.4, 0.5) is 0 Å². The van der Waals surface area contributed by atoms with Crippen molar-refractivity contribution in [2.75, 3.05) is 27.2 Å². The first-order chi connectivity index (χ1) is 9.51. The number of carbonyl (C=O) groups excluding carboxylic acids is 3. The largest absolute Gasteiger partial charge is 0.468 e. The lowest BCUT2D eigenvalue weighted by molar-refractivity contribution is -0.141. The molecule has 1 rings (SSSR count). The molecule has 0 atom stereocenters. The van der Waals surface area contributed by atoms with E-state index in [9.17, 15) is 14.4 Å². The predicted molar refractivity (Wildman–Crippen MR) is 72.8 cm³/mol. The van der Waals surface area contributed by atoms with Crippen molar-refractivity contribution in [3.63, 3.8) is 0 Å². The van der Waals surface area contributed by atoms with Crippen LogP contribution in [-0.4, -0.2) is 49.9 Å². The number of hydrogen-bond acceptors (Lipinski definition) is 5. The molecule has 0 fully saturated rings. The lowest BCUT2D eigenvalue weighted by Gasteiger charge is -2.14. The van der Waals surface area contributed by atoms with Crippen LogP contribution in [0, 0.1) is 0 Å². The molecule has 1 aromatic carbocycles. The van der Waals surface area contributed by atoms with E-state index in [1.54, 1.807) is 7.05 Å². The van der Waals surface area contributed by atoms with Crippen LogP contribution in [0.2, 0.25) is 0 Å². The molecule has 0 aromatic heterocycles. The minimum atomic E-state index is -0.447. The maximum Gasteiger partial charge on any atom is 0.319 e. The van der Waals surface area contributed by atoms with Gasteiger partial charge in [-0.05, 0) is 12.6 Å². The first-order valence-electron chi connectivity index (χ1n) is 6.13. The quantitative estimate of drug-likeness (QED) is 0.740. The van der Waals surface area contributed by atoms with Crippen LogP contribution in [0.1, 0.15) is 5.56 Å². The van der Waals surface area contributed by atoms with Crippen LogP contribution < -0.4 is 5.32 Å². The fraction of sp³-hybridized carbons (Fsp3) is 0.357. The van der Waals surface area contributed by atoms with Crippen molar-refractivity contribution in [1.82, 2.24) is 10.2 Å². The number of methoxy groups -OCH3 is 1. The monoisotopic (exact) mass is 278 g/mol. The van der Waals surface area contributed by atoms with Gasteiger partial charge in [0.05, 0.1) is 26.6 Å². The molecular weight excluding hydrogens is 260 g/mol. The minimum absolute atomic E-state index is 0.00318. The highest BCUT2D eigenvalue weighted by Crippen LogP contribution is 1.99. The van der Waals surface area contributed by atoms with Crippen LogP contribution in [0.25, 0.3) is 0 Å². The van der Waals surface area contributed by atoms with Gasteiger partial charge in [0.15, 0.2) is 0 Å². The first kappa shape index (κ1) is 15.8. The Morgan fingerprint density at radius 2 is 1.75 bits per heavy atom. The second kappa shape index (κ2) is 8.06. The van der Waals surface area contributed by atoms with E-state index in [1.165, 1.54) is 12.0 Å². The van der Waals surface area contributed by atoms with Gasteiger partial charge in [-0.1, -0.05) is 30.3 Å². The summed E-state index contributed by atoms with van der Waals surface area (Å²) in [5.41, 5.74) is 0.834. The molecular formula is C14H18N2O4. The molecule has 0 spiro atoms. The van der Waals surface area contributed by atoms with E-state index < -0.39 is 11.9 Å². The van der Waals surface area contributed by atoms with Crippen LogP contribution >= 0.6 is 0 Å². The summed E-state index contributed by atoms with van der Waals surface area (Å²) in [4.78, 5) is 35.7. The van der Waals surface area contributed by atoms with Gasteiger partial charge in [0.2, 0.25) is 11.8 Å².